The van der Waals surface area contributed by atoms with Crippen LogP contribution in [0.25, 0.3) is 86.6 Å². The first-order valence-electron chi connectivity index (χ1n) is 19.3. The highest BCUT2D eigenvalue weighted by molar-refractivity contribution is 7.25. The number of thiophene rings is 1. The van der Waals surface area contributed by atoms with Crippen LogP contribution in [0.3, 0.4) is 0 Å². The van der Waals surface area contributed by atoms with E-state index in [9.17, 15) is 0 Å². The van der Waals surface area contributed by atoms with Gasteiger partial charge >= 0.3 is 0 Å². The second-order valence-electron chi connectivity index (χ2n) is 14.5. The molecule has 0 amide bonds. The fourth-order valence-electron chi connectivity index (χ4n) is 8.23. The first-order chi connectivity index (χ1) is 28.2. The van der Waals surface area contributed by atoms with Gasteiger partial charge in [0.25, 0.3) is 0 Å². The molecule has 11 rings (SSSR count). The second kappa shape index (κ2) is 13.8. The van der Waals surface area contributed by atoms with E-state index in [1.54, 1.807) is 0 Å². The SMILES string of the molecule is c1ccc(-c2ccc(-c3ccccc3N(c3ccc(-c4ccc5oc6ccccc6c5c4)cc3)c3ccc(-c4ccc5sc6ccccc6c5c4)cc3)cc2)cc1. The van der Waals surface area contributed by atoms with Crippen LogP contribution in [-0.2, 0) is 0 Å². The Morgan fingerprint density at radius 1 is 0.316 bits per heavy atom. The van der Waals surface area contributed by atoms with Crippen LogP contribution in [0.1, 0.15) is 0 Å². The number of hydrogen-bond acceptors (Lipinski definition) is 3. The lowest BCUT2D eigenvalue weighted by Crippen LogP contribution is -2.11. The van der Waals surface area contributed by atoms with Gasteiger partial charge in [0.1, 0.15) is 11.2 Å². The highest BCUT2D eigenvalue weighted by Gasteiger charge is 2.18. The van der Waals surface area contributed by atoms with Crippen molar-refractivity contribution < 1.29 is 4.42 Å². The van der Waals surface area contributed by atoms with Crippen LogP contribution in [-0.4, -0.2) is 0 Å². The van der Waals surface area contributed by atoms with Gasteiger partial charge in [-0.25, -0.2) is 0 Å². The van der Waals surface area contributed by atoms with Crippen molar-refractivity contribution in [2.45, 2.75) is 0 Å². The first-order valence-corrected chi connectivity index (χ1v) is 20.1. The summed E-state index contributed by atoms with van der Waals surface area (Å²) in [5.74, 6) is 0. The molecule has 0 spiro atoms. The minimum absolute atomic E-state index is 0.906. The summed E-state index contributed by atoms with van der Waals surface area (Å²) in [4.78, 5) is 2.39. The molecule has 2 nitrogen and oxygen atoms in total. The molecule has 0 unspecified atom stereocenters. The number of anilines is 3. The van der Waals surface area contributed by atoms with E-state index in [4.69, 9.17) is 4.42 Å². The molecule has 268 valence electrons. The van der Waals surface area contributed by atoms with E-state index in [1.807, 2.05) is 23.5 Å². The smallest absolute Gasteiger partial charge is 0.135 e. The van der Waals surface area contributed by atoms with E-state index < -0.39 is 0 Å². The number of fused-ring (bicyclic) bond motifs is 6. The fourth-order valence-corrected chi connectivity index (χ4v) is 9.32. The van der Waals surface area contributed by atoms with Crippen LogP contribution in [0, 0.1) is 0 Å². The van der Waals surface area contributed by atoms with Gasteiger partial charge < -0.3 is 9.32 Å². The largest absolute Gasteiger partial charge is 0.456 e. The molecule has 0 bridgehead atoms. The lowest BCUT2D eigenvalue weighted by molar-refractivity contribution is 0.669. The summed E-state index contributed by atoms with van der Waals surface area (Å²) in [6, 6.07) is 76.5. The minimum Gasteiger partial charge on any atom is -0.456 e. The second-order valence-corrected chi connectivity index (χ2v) is 15.6. The number of nitrogens with zero attached hydrogens (tertiary/aromatic N) is 1. The molecule has 0 fully saturated rings. The predicted molar refractivity (Wildman–Crippen MR) is 243 cm³/mol. The molecular formula is C54H35NOS. The predicted octanol–water partition coefficient (Wildman–Crippen LogP) is 16.1. The quantitative estimate of drug-likeness (QED) is 0.162. The lowest BCUT2D eigenvalue weighted by atomic mass is 9.97. The average molecular weight is 746 g/mol. The molecule has 11 aromatic rings. The number of hydrogen-bond donors (Lipinski definition) is 0. The number of furan rings is 1. The minimum atomic E-state index is 0.906. The van der Waals surface area contributed by atoms with Crippen LogP contribution in [0.2, 0.25) is 0 Å². The van der Waals surface area contributed by atoms with Gasteiger partial charge in [0, 0.05) is 47.9 Å². The summed E-state index contributed by atoms with van der Waals surface area (Å²) in [5, 5.41) is 4.90. The van der Waals surface area contributed by atoms with E-state index in [0.717, 1.165) is 55.7 Å². The van der Waals surface area contributed by atoms with Crippen molar-refractivity contribution in [2.75, 3.05) is 4.90 Å². The zero-order valence-electron chi connectivity index (χ0n) is 31.0. The zero-order valence-corrected chi connectivity index (χ0v) is 31.8. The third-order valence-electron chi connectivity index (χ3n) is 11.1. The lowest BCUT2D eigenvalue weighted by Gasteiger charge is -2.28. The maximum Gasteiger partial charge on any atom is 0.135 e. The van der Waals surface area contributed by atoms with Gasteiger partial charge in [0.2, 0.25) is 0 Å². The Labute approximate surface area is 335 Å². The summed E-state index contributed by atoms with van der Waals surface area (Å²) < 4.78 is 8.77. The van der Waals surface area contributed by atoms with Gasteiger partial charge in [-0.1, -0.05) is 146 Å². The van der Waals surface area contributed by atoms with Gasteiger partial charge in [-0.05, 0) is 106 Å². The fraction of sp³-hybridized carbons (Fsp3) is 0. The van der Waals surface area contributed by atoms with Gasteiger partial charge in [0.05, 0.1) is 5.69 Å². The van der Waals surface area contributed by atoms with E-state index in [-0.39, 0.29) is 0 Å². The molecule has 0 radical (unpaired) electrons. The molecule has 0 saturated heterocycles. The highest BCUT2D eigenvalue weighted by atomic mass is 32.1. The standard InChI is InChI=1S/C54H35NOS/c1-2-10-36(11-3-1)37-18-20-40(21-19-37)45-12-4-7-15-50(45)55(43-28-22-38(23-29-43)41-26-32-52-48(34-41)46-13-5-8-16-51(46)56-52)44-30-24-39(25-31-44)42-27-33-54-49(35-42)47-14-6-9-17-53(47)57-54/h1-35H. The molecule has 3 heteroatoms. The maximum atomic E-state index is 6.13. The topological polar surface area (TPSA) is 16.4 Å². The van der Waals surface area contributed by atoms with E-state index in [1.165, 1.54) is 48.0 Å². The molecular weight excluding hydrogens is 711 g/mol. The number of rotatable bonds is 7. The Morgan fingerprint density at radius 2 is 0.807 bits per heavy atom. The first kappa shape index (κ1) is 33.2. The van der Waals surface area contributed by atoms with E-state index in [0.29, 0.717) is 0 Å². The molecule has 0 aliphatic rings. The summed E-state index contributed by atoms with van der Waals surface area (Å²) >= 11 is 1.86. The summed E-state index contributed by atoms with van der Waals surface area (Å²) in [6.45, 7) is 0. The Kier molecular flexibility index (Phi) is 8.04. The normalized spacial score (nSPS) is 11.5. The van der Waals surface area contributed by atoms with Crippen molar-refractivity contribution in [1.82, 2.24) is 0 Å². The van der Waals surface area contributed by atoms with Crippen molar-refractivity contribution in [3.8, 4) is 44.5 Å². The molecule has 57 heavy (non-hydrogen) atoms. The van der Waals surface area contributed by atoms with E-state index in [2.05, 4.69) is 205 Å². The van der Waals surface area contributed by atoms with Crippen LogP contribution >= 0.6 is 11.3 Å². The molecule has 2 heterocycles. The zero-order chi connectivity index (χ0) is 37.7. The highest BCUT2D eigenvalue weighted by Crippen LogP contribution is 2.43. The monoisotopic (exact) mass is 745 g/mol. The molecule has 9 aromatic carbocycles. The van der Waals surface area contributed by atoms with E-state index >= 15 is 0 Å². The molecule has 0 aliphatic carbocycles. The Bertz CT molecular complexity index is 3050. The van der Waals surface area contributed by atoms with Crippen LogP contribution in [0.15, 0.2) is 217 Å². The van der Waals surface area contributed by atoms with Crippen LogP contribution in [0.4, 0.5) is 17.1 Å². The summed E-state index contributed by atoms with van der Waals surface area (Å²) in [7, 11) is 0. The molecule has 0 aliphatic heterocycles. The van der Waals surface area contributed by atoms with Crippen molar-refractivity contribution in [3.05, 3.63) is 212 Å². The number of para-hydroxylation sites is 2. The van der Waals surface area contributed by atoms with Gasteiger partial charge in [0.15, 0.2) is 0 Å². The summed E-state index contributed by atoms with van der Waals surface area (Å²) in [6.07, 6.45) is 0. The van der Waals surface area contributed by atoms with Crippen molar-refractivity contribution in [2.24, 2.45) is 0 Å². The number of benzene rings is 9. The molecule has 0 atom stereocenters. The third-order valence-corrected chi connectivity index (χ3v) is 12.3. The van der Waals surface area contributed by atoms with Crippen molar-refractivity contribution in [3.63, 3.8) is 0 Å². The average Bonchev–Trinajstić information content (AvgIpc) is 3.85. The summed E-state index contributed by atoms with van der Waals surface area (Å²) in [5.41, 5.74) is 14.6. The third kappa shape index (κ3) is 5.97. The Hall–Kier alpha value is -7.20. The van der Waals surface area contributed by atoms with Crippen molar-refractivity contribution in [1.29, 1.82) is 0 Å². The maximum absolute atomic E-state index is 6.13. The van der Waals surface area contributed by atoms with Crippen molar-refractivity contribution >= 4 is 70.5 Å². The van der Waals surface area contributed by atoms with Crippen LogP contribution in [0.5, 0.6) is 0 Å². The Balaban J connectivity index is 1.00. The molecule has 2 aromatic heterocycles. The van der Waals surface area contributed by atoms with Gasteiger partial charge in [-0.3, -0.25) is 0 Å². The van der Waals surface area contributed by atoms with Crippen LogP contribution < -0.4 is 4.90 Å². The van der Waals surface area contributed by atoms with Gasteiger partial charge in [-0.2, -0.15) is 0 Å². The Morgan fingerprint density at radius 3 is 1.56 bits per heavy atom. The van der Waals surface area contributed by atoms with Gasteiger partial charge in [-0.15, -0.1) is 11.3 Å². The molecule has 0 saturated carbocycles. The molecule has 0 N–H and O–H groups in total.